The van der Waals surface area contributed by atoms with E-state index in [1.807, 2.05) is 35.7 Å². The molecule has 8 nitrogen and oxygen atoms in total. The molecule has 4 N–H and O–H groups in total. The highest BCUT2D eigenvalue weighted by Crippen LogP contribution is 2.31. The van der Waals surface area contributed by atoms with Crippen LogP contribution in [0.25, 0.3) is 21.0 Å². The van der Waals surface area contributed by atoms with Crippen LogP contribution in [0.5, 0.6) is 0 Å². The number of amides is 1. The number of carbonyl (C=O) groups excluding carboxylic acids is 1. The van der Waals surface area contributed by atoms with Crippen LogP contribution in [0.2, 0.25) is 0 Å². The Bertz CT molecular complexity index is 1230. The number of rotatable bonds is 9. The van der Waals surface area contributed by atoms with Crippen LogP contribution in [0.4, 0.5) is 11.4 Å². The third kappa shape index (κ3) is 5.21. The maximum absolute atomic E-state index is 12.8. The van der Waals surface area contributed by atoms with E-state index in [1.54, 1.807) is 34.3 Å². The minimum atomic E-state index is -0.798. The van der Waals surface area contributed by atoms with Crippen molar-refractivity contribution in [2.45, 2.75) is 25.8 Å². The monoisotopic (exact) mass is 467 g/mol. The molecule has 0 saturated carbocycles. The summed E-state index contributed by atoms with van der Waals surface area (Å²) < 4.78 is 1.69. The highest BCUT2D eigenvalue weighted by molar-refractivity contribution is 7.17. The van der Waals surface area contributed by atoms with Crippen molar-refractivity contribution in [1.29, 1.82) is 0 Å². The van der Waals surface area contributed by atoms with Gasteiger partial charge in [0, 0.05) is 17.8 Å². The summed E-state index contributed by atoms with van der Waals surface area (Å²) in [7, 11) is 0. The zero-order valence-corrected chi connectivity index (χ0v) is 18.7. The minimum Gasteiger partial charge on any atom is -0.481 e. The second-order valence-electron chi connectivity index (χ2n) is 7.12. The smallest absolute Gasteiger partial charge is 0.303 e. The van der Waals surface area contributed by atoms with Crippen molar-refractivity contribution in [3.63, 3.8) is 0 Å². The van der Waals surface area contributed by atoms with Crippen molar-refractivity contribution in [1.82, 2.24) is 15.0 Å². The van der Waals surface area contributed by atoms with E-state index in [4.69, 9.17) is 10.8 Å². The molecule has 4 aromatic rings. The number of anilines is 2. The lowest BCUT2D eigenvalue weighted by Crippen LogP contribution is -2.11. The molecule has 1 amide bonds. The summed E-state index contributed by atoms with van der Waals surface area (Å²) in [4.78, 5) is 25.9. The third-order valence-electron chi connectivity index (χ3n) is 4.76. The fourth-order valence-electron chi connectivity index (χ4n) is 3.11. The maximum atomic E-state index is 12.8. The number of hydrogen-bond acceptors (Lipinski definition) is 7. The molecule has 164 valence electrons. The van der Waals surface area contributed by atoms with Gasteiger partial charge in [-0.15, -0.1) is 27.8 Å². The number of nitrogen functional groups attached to an aromatic ring is 1. The number of carboxylic acids is 1. The Labute approximate surface area is 192 Å². The molecule has 0 aliphatic rings. The first-order valence-corrected chi connectivity index (χ1v) is 11.7. The molecule has 3 aromatic heterocycles. The SMILES string of the molecule is Nc1ccc(-c2cccs2)cc1NC(=O)c1ccc(-c2cn(CCCCC(=O)O)nn2)s1. The van der Waals surface area contributed by atoms with Gasteiger partial charge < -0.3 is 16.2 Å². The van der Waals surface area contributed by atoms with Gasteiger partial charge in [-0.2, -0.15) is 0 Å². The number of thiophene rings is 2. The lowest BCUT2D eigenvalue weighted by molar-refractivity contribution is -0.137. The Balaban J connectivity index is 1.41. The molecule has 0 bridgehead atoms. The summed E-state index contributed by atoms with van der Waals surface area (Å²) in [5.74, 6) is -1.04. The van der Waals surface area contributed by atoms with Gasteiger partial charge in [-0.3, -0.25) is 14.3 Å². The molecule has 4 rings (SSSR count). The van der Waals surface area contributed by atoms with Gasteiger partial charge in [0.15, 0.2) is 0 Å². The zero-order chi connectivity index (χ0) is 22.5. The molecule has 1 aromatic carbocycles. The first-order valence-electron chi connectivity index (χ1n) is 9.96. The molecular formula is C22H21N5O3S2. The topological polar surface area (TPSA) is 123 Å². The molecule has 0 aliphatic heterocycles. The van der Waals surface area contributed by atoms with Gasteiger partial charge in [-0.05, 0) is 54.1 Å². The highest BCUT2D eigenvalue weighted by atomic mass is 32.1. The van der Waals surface area contributed by atoms with E-state index in [2.05, 4.69) is 15.6 Å². The molecule has 32 heavy (non-hydrogen) atoms. The molecular weight excluding hydrogens is 446 g/mol. The van der Waals surface area contributed by atoms with Gasteiger partial charge in [-0.25, -0.2) is 0 Å². The van der Waals surface area contributed by atoms with Crippen LogP contribution in [0.15, 0.2) is 54.0 Å². The number of benzene rings is 1. The van der Waals surface area contributed by atoms with E-state index in [9.17, 15) is 9.59 Å². The van der Waals surface area contributed by atoms with Crippen molar-refractivity contribution >= 4 is 45.9 Å². The fraction of sp³-hybridized carbons (Fsp3) is 0.182. The molecule has 0 aliphatic carbocycles. The van der Waals surface area contributed by atoms with Crippen molar-refractivity contribution in [2.75, 3.05) is 11.1 Å². The van der Waals surface area contributed by atoms with E-state index in [0.717, 1.165) is 15.3 Å². The second kappa shape index (κ2) is 9.75. The Kier molecular flexibility index (Phi) is 6.62. The number of nitrogens with two attached hydrogens (primary N) is 1. The number of carbonyl (C=O) groups is 2. The fourth-order valence-corrected chi connectivity index (χ4v) is 4.69. The van der Waals surface area contributed by atoms with Gasteiger partial charge in [-0.1, -0.05) is 17.3 Å². The van der Waals surface area contributed by atoms with Crippen LogP contribution in [-0.2, 0) is 11.3 Å². The Morgan fingerprint density at radius 3 is 2.78 bits per heavy atom. The Morgan fingerprint density at radius 2 is 2.00 bits per heavy atom. The van der Waals surface area contributed by atoms with E-state index in [1.165, 1.54) is 11.3 Å². The van der Waals surface area contributed by atoms with Crippen LogP contribution in [0.3, 0.4) is 0 Å². The number of unbranched alkanes of at least 4 members (excludes halogenated alkanes) is 1. The first kappa shape index (κ1) is 21.7. The average molecular weight is 468 g/mol. The Morgan fingerprint density at radius 1 is 1.12 bits per heavy atom. The number of aromatic nitrogens is 3. The van der Waals surface area contributed by atoms with Crippen LogP contribution >= 0.6 is 22.7 Å². The van der Waals surface area contributed by atoms with Crippen LogP contribution in [-0.4, -0.2) is 32.0 Å². The summed E-state index contributed by atoms with van der Waals surface area (Å²) in [6.07, 6.45) is 3.24. The summed E-state index contributed by atoms with van der Waals surface area (Å²) in [5.41, 5.74) is 8.82. The van der Waals surface area contributed by atoms with E-state index in [-0.39, 0.29) is 12.3 Å². The van der Waals surface area contributed by atoms with E-state index >= 15 is 0 Å². The van der Waals surface area contributed by atoms with Crippen LogP contribution < -0.4 is 11.1 Å². The highest BCUT2D eigenvalue weighted by Gasteiger charge is 2.14. The second-order valence-corrected chi connectivity index (χ2v) is 9.15. The standard InChI is InChI=1S/C22H21N5O3S2/c23-15-7-6-14(18-4-3-11-31-18)12-16(15)24-22(30)20-9-8-19(32-20)17-13-27(26-25-17)10-2-1-5-21(28)29/h3-4,6-9,11-13H,1-2,5,10,23H2,(H,24,30)(H,28,29). The van der Waals surface area contributed by atoms with Crippen molar-refractivity contribution in [2.24, 2.45) is 0 Å². The number of nitrogens with zero attached hydrogens (tertiary/aromatic N) is 3. The van der Waals surface area contributed by atoms with Gasteiger partial charge in [0.05, 0.1) is 27.3 Å². The van der Waals surface area contributed by atoms with Gasteiger partial charge >= 0.3 is 5.97 Å². The van der Waals surface area contributed by atoms with Crippen LogP contribution in [0, 0.1) is 0 Å². The summed E-state index contributed by atoms with van der Waals surface area (Å²) in [6.45, 7) is 0.596. The first-order chi connectivity index (χ1) is 15.5. The van der Waals surface area contributed by atoms with E-state index < -0.39 is 5.97 Å². The van der Waals surface area contributed by atoms with Crippen LogP contribution in [0.1, 0.15) is 28.9 Å². The van der Waals surface area contributed by atoms with Crippen molar-refractivity contribution < 1.29 is 14.7 Å². The van der Waals surface area contributed by atoms with Gasteiger partial charge in [0.25, 0.3) is 5.91 Å². The minimum absolute atomic E-state index is 0.145. The molecule has 0 saturated heterocycles. The normalized spacial score (nSPS) is 10.9. The third-order valence-corrected chi connectivity index (χ3v) is 6.78. The molecule has 10 heteroatoms. The summed E-state index contributed by atoms with van der Waals surface area (Å²) in [5, 5.41) is 21.9. The lowest BCUT2D eigenvalue weighted by Gasteiger charge is -2.09. The van der Waals surface area contributed by atoms with Gasteiger partial charge in [0.2, 0.25) is 0 Å². The number of nitrogens with one attached hydrogen (secondary N) is 1. The average Bonchev–Trinajstić information content (AvgIpc) is 3.54. The largest absolute Gasteiger partial charge is 0.481 e. The lowest BCUT2D eigenvalue weighted by atomic mass is 10.1. The number of hydrogen-bond donors (Lipinski definition) is 3. The number of aliphatic carboxylic acids is 1. The zero-order valence-electron chi connectivity index (χ0n) is 17.0. The molecule has 0 unspecified atom stereocenters. The van der Waals surface area contributed by atoms with Crippen molar-refractivity contribution in [3.8, 4) is 21.0 Å². The summed E-state index contributed by atoms with van der Waals surface area (Å²) >= 11 is 2.95. The molecule has 0 radical (unpaired) electrons. The quantitative estimate of drug-likeness (QED) is 0.239. The van der Waals surface area contributed by atoms with Gasteiger partial charge in [0.1, 0.15) is 5.69 Å². The molecule has 0 fully saturated rings. The van der Waals surface area contributed by atoms with Crippen molar-refractivity contribution in [3.05, 3.63) is 58.9 Å². The number of aryl methyl sites for hydroxylation is 1. The molecule has 3 heterocycles. The summed E-state index contributed by atoms with van der Waals surface area (Å²) in [6, 6.07) is 13.2. The Hall–Kier alpha value is -3.50. The predicted octanol–water partition coefficient (Wildman–Crippen LogP) is 4.82. The number of carboxylic acid groups (broad SMARTS) is 1. The molecule has 0 atom stereocenters. The predicted molar refractivity (Wildman–Crippen MR) is 127 cm³/mol. The maximum Gasteiger partial charge on any atom is 0.303 e. The molecule has 0 spiro atoms. The van der Waals surface area contributed by atoms with E-state index in [0.29, 0.717) is 41.3 Å².